The van der Waals surface area contributed by atoms with Crippen molar-refractivity contribution in [1.82, 2.24) is 0 Å². The monoisotopic (exact) mass is 390 g/mol. The van der Waals surface area contributed by atoms with Gasteiger partial charge in [0.15, 0.2) is 0 Å². The maximum atomic E-state index is 6.48. The number of ether oxygens (including phenoxy) is 1. The first kappa shape index (κ1) is 16.6. The number of halogens is 1. The SMILES string of the molecule is CC[Si](CC)(CC)Oc1cc(OC)ccc1/C=C/I. The summed E-state index contributed by atoms with van der Waals surface area (Å²) < 4.78 is 13.8. The van der Waals surface area contributed by atoms with E-state index in [0.717, 1.165) is 35.2 Å². The van der Waals surface area contributed by atoms with Crippen LogP contribution < -0.4 is 9.16 Å². The minimum Gasteiger partial charge on any atom is -0.543 e. The zero-order chi connectivity index (χ0) is 14.3. The van der Waals surface area contributed by atoms with Crippen molar-refractivity contribution in [2.45, 2.75) is 38.9 Å². The number of hydrogen-bond donors (Lipinski definition) is 0. The Labute approximate surface area is 131 Å². The second-order valence-corrected chi connectivity index (χ2v) is 9.95. The molecule has 0 atom stereocenters. The molecule has 4 heteroatoms. The first-order chi connectivity index (χ1) is 9.14. The van der Waals surface area contributed by atoms with Crippen molar-refractivity contribution >= 4 is 37.0 Å². The van der Waals surface area contributed by atoms with Crippen molar-refractivity contribution in [2.24, 2.45) is 0 Å². The molecule has 1 aromatic carbocycles. The summed E-state index contributed by atoms with van der Waals surface area (Å²) in [5, 5.41) is 0. The lowest BCUT2D eigenvalue weighted by Gasteiger charge is -2.30. The highest BCUT2D eigenvalue weighted by atomic mass is 127. The Morgan fingerprint density at radius 2 is 1.79 bits per heavy atom. The summed E-state index contributed by atoms with van der Waals surface area (Å²) in [5.41, 5.74) is 1.13. The van der Waals surface area contributed by atoms with E-state index in [2.05, 4.69) is 55.5 Å². The van der Waals surface area contributed by atoms with E-state index in [0.29, 0.717) is 0 Å². The van der Waals surface area contributed by atoms with Crippen LogP contribution >= 0.6 is 22.6 Å². The highest BCUT2D eigenvalue weighted by molar-refractivity contribution is 14.1. The van der Waals surface area contributed by atoms with Crippen LogP contribution in [0.15, 0.2) is 22.3 Å². The lowest BCUT2D eigenvalue weighted by atomic mass is 10.2. The Morgan fingerprint density at radius 3 is 2.26 bits per heavy atom. The van der Waals surface area contributed by atoms with Gasteiger partial charge in [0.1, 0.15) is 11.5 Å². The Bertz CT molecular complexity index is 420. The van der Waals surface area contributed by atoms with Gasteiger partial charge < -0.3 is 9.16 Å². The van der Waals surface area contributed by atoms with Gasteiger partial charge in [-0.05, 0) is 40.4 Å². The fraction of sp³-hybridized carbons (Fsp3) is 0.467. The van der Waals surface area contributed by atoms with Crippen molar-refractivity contribution in [1.29, 1.82) is 0 Å². The highest BCUT2D eigenvalue weighted by Crippen LogP contribution is 2.32. The first-order valence-electron chi connectivity index (χ1n) is 6.78. The number of rotatable bonds is 7. The molecule has 19 heavy (non-hydrogen) atoms. The molecule has 1 rings (SSSR count). The lowest BCUT2D eigenvalue weighted by molar-refractivity contribution is 0.411. The predicted molar refractivity (Wildman–Crippen MR) is 93.9 cm³/mol. The molecule has 0 saturated heterocycles. The molecule has 0 heterocycles. The van der Waals surface area contributed by atoms with Crippen molar-refractivity contribution in [3.63, 3.8) is 0 Å². The van der Waals surface area contributed by atoms with Crippen LogP contribution in [0.2, 0.25) is 18.1 Å². The van der Waals surface area contributed by atoms with E-state index in [9.17, 15) is 0 Å². The molecular weight excluding hydrogens is 367 g/mol. The van der Waals surface area contributed by atoms with E-state index >= 15 is 0 Å². The van der Waals surface area contributed by atoms with E-state index in [1.807, 2.05) is 16.2 Å². The summed E-state index contributed by atoms with van der Waals surface area (Å²) in [7, 11) is 0.0453. The van der Waals surface area contributed by atoms with Gasteiger partial charge in [-0.25, -0.2) is 0 Å². The summed E-state index contributed by atoms with van der Waals surface area (Å²) in [5.74, 6) is 1.82. The van der Waals surface area contributed by atoms with Gasteiger partial charge in [-0.3, -0.25) is 0 Å². The molecule has 0 radical (unpaired) electrons. The normalized spacial score (nSPS) is 11.8. The molecule has 0 aromatic heterocycles. The average molecular weight is 390 g/mol. The van der Waals surface area contributed by atoms with E-state index in [1.54, 1.807) is 7.11 Å². The van der Waals surface area contributed by atoms with Crippen molar-refractivity contribution in [3.05, 3.63) is 27.8 Å². The Hall–Kier alpha value is -0.493. The zero-order valence-electron chi connectivity index (χ0n) is 12.2. The Morgan fingerprint density at radius 1 is 1.16 bits per heavy atom. The Balaban J connectivity index is 3.15. The summed E-state index contributed by atoms with van der Waals surface area (Å²) in [6.45, 7) is 6.73. The van der Waals surface area contributed by atoms with Crippen LogP contribution in [-0.2, 0) is 0 Å². The van der Waals surface area contributed by atoms with Gasteiger partial charge in [0, 0.05) is 11.6 Å². The fourth-order valence-electron chi connectivity index (χ4n) is 2.14. The van der Waals surface area contributed by atoms with Crippen molar-refractivity contribution in [3.8, 4) is 11.5 Å². The lowest BCUT2D eigenvalue weighted by Crippen LogP contribution is -2.39. The van der Waals surface area contributed by atoms with Crippen LogP contribution in [0, 0.1) is 0 Å². The summed E-state index contributed by atoms with van der Waals surface area (Å²) in [6, 6.07) is 9.48. The summed E-state index contributed by atoms with van der Waals surface area (Å²) in [6.07, 6.45) is 2.08. The molecule has 0 bridgehead atoms. The van der Waals surface area contributed by atoms with Crippen LogP contribution in [0.25, 0.3) is 6.08 Å². The fourth-order valence-corrected chi connectivity index (χ4v) is 5.10. The third kappa shape index (κ3) is 4.24. The van der Waals surface area contributed by atoms with Gasteiger partial charge in [0.2, 0.25) is 0 Å². The number of benzene rings is 1. The van der Waals surface area contributed by atoms with E-state index in [-0.39, 0.29) is 0 Å². The van der Waals surface area contributed by atoms with Gasteiger partial charge in [0.05, 0.1) is 7.11 Å². The molecule has 0 spiro atoms. The van der Waals surface area contributed by atoms with Crippen LogP contribution in [0.5, 0.6) is 11.5 Å². The molecule has 0 aliphatic rings. The maximum absolute atomic E-state index is 6.48. The van der Waals surface area contributed by atoms with Gasteiger partial charge in [0.25, 0.3) is 8.32 Å². The molecular formula is C15H23IO2Si. The molecule has 0 amide bonds. The standard InChI is InChI=1S/C15H23IO2Si/c1-5-19(6-2,7-3)18-15-12-14(17-4)9-8-13(15)10-11-16/h8-12H,5-7H2,1-4H3/b11-10+. The molecule has 0 unspecified atom stereocenters. The Kier molecular flexibility index (Phi) is 6.92. The molecule has 106 valence electrons. The molecule has 0 aliphatic heterocycles. The van der Waals surface area contributed by atoms with E-state index in [1.165, 1.54) is 0 Å². The quantitative estimate of drug-likeness (QED) is 0.453. The molecule has 0 N–H and O–H groups in total. The minimum atomic E-state index is -1.65. The van der Waals surface area contributed by atoms with Crippen molar-refractivity contribution < 1.29 is 9.16 Å². The minimum absolute atomic E-state index is 0.854. The molecule has 1 aromatic rings. The second-order valence-electron chi connectivity index (χ2n) is 4.54. The van der Waals surface area contributed by atoms with Crippen LogP contribution in [0.1, 0.15) is 26.3 Å². The average Bonchev–Trinajstić information content (AvgIpc) is 2.46. The van der Waals surface area contributed by atoms with Crippen LogP contribution in [0.4, 0.5) is 0 Å². The molecule has 0 saturated carbocycles. The molecule has 0 fully saturated rings. The van der Waals surface area contributed by atoms with Gasteiger partial charge in [-0.1, -0.05) is 43.4 Å². The van der Waals surface area contributed by atoms with Crippen LogP contribution in [0.3, 0.4) is 0 Å². The third-order valence-electron chi connectivity index (χ3n) is 3.72. The van der Waals surface area contributed by atoms with E-state index < -0.39 is 8.32 Å². The topological polar surface area (TPSA) is 18.5 Å². The summed E-state index contributed by atoms with van der Waals surface area (Å²) >= 11 is 2.23. The van der Waals surface area contributed by atoms with Gasteiger partial charge in [-0.15, -0.1) is 0 Å². The maximum Gasteiger partial charge on any atom is 0.250 e. The van der Waals surface area contributed by atoms with Gasteiger partial charge >= 0.3 is 0 Å². The van der Waals surface area contributed by atoms with Gasteiger partial charge in [-0.2, -0.15) is 0 Å². The number of hydrogen-bond acceptors (Lipinski definition) is 2. The zero-order valence-corrected chi connectivity index (χ0v) is 15.4. The second kappa shape index (κ2) is 7.94. The predicted octanol–water partition coefficient (Wildman–Crippen LogP) is 5.48. The van der Waals surface area contributed by atoms with E-state index in [4.69, 9.17) is 9.16 Å². The third-order valence-corrected chi connectivity index (χ3v) is 8.60. The van der Waals surface area contributed by atoms with Crippen LogP contribution in [-0.4, -0.2) is 15.4 Å². The summed E-state index contributed by atoms with van der Waals surface area (Å²) in [4.78, 5) is 0. The first-order valence-corrected chi connectivity index (χ1v) is 10.6. The highest BCUT2D eigenvalue weighted by Gasteiger charge is 2.31. The number of methoxy groups -OCH3 is 1. The molecule has 0 aliphatic carbocycles. The molecule has 2 nitrogen and oxygen atoms in total. The van der Waals surface area contributed by atoms with Crippen molar-refractivity contribution in [2.75, 3.05) is 7.11 Å². The smallest absolute Gasteiger partial charge is 0.250 e. The largest absolute Gasteiger partial charge is 0.543 e.